The predicted molar refractivity (Wildman–Crippen MR) is 38.4 cm³/mol. The van der Waals surface area contributed by atoms with Crippen molar-refractivity contribution in [1.29, 1.82) is 0 Å². The average molecular weight is 130 g/mol. The van der Waals surface area contributed by atoms with Crippen molar-refractivity contribution in [2.45, 2.75) is 12.8 Å². The summed E-state index contributed by atoms with van der Waals surface area (Å²) in [6.45, 7) is 2.21. The van der Waals surface area contributed by atoms with Crippen LogP contribution < -0.4 is 5.32 Å². The molecule has 1 rings (SSSR count). The fraction of sp³-hybridized carbons (Fsp3) is 1.00. The van der Waals surface area contributed by atoms with E-state index < -0.39 is 0 Å². The molecule has 0 aromatic rings. The van der Waals surface area contributed by atoms with Crippen LogP contribution in [0.5, 0.6) is 0 Å². The Morgan fingerprint density at radius 1 is 1.00 bits per heavy atom. The molecule has 1 nitrogen and oxygen atoms in total. The van der Waals surface area contributed by atoms with Gasteiger partial charge in [0.2, 0.25) is 0 Å². The van der Waals surface area contributed by atoms with Crippen molar-refractivity contribution >= 4 is 11.8 Å². The molecule has 0 bridgehead atoms. The fourth-order valence-corrected chi connectivity index (χ4v) is 1.64. The Labute approximate surface area is 55.2 Å². The third-order valence-electron chi connectivity index (χ3n) is 1.21. The maximum atomic E-state index is 4.32. The molecule has 1 saturated heterocycles. The van der Waals surface area contributed by atoms with Gasteiger partial charge in [-0.15, -0.1) is 0 Å². The van der Waals surface area contributed by atoms with E-state index in [4.69, 9.17) is 0 Å². The highest BCUT2D eigenvalue weighted by Crippen LogP contribution is 2.05. The lowest BCUT2D eigenvalue weighted by molar-refractivity contribution is 0.646. The first-order chi connectivity index (χ1) is 4.00. The third kappa shape index (κ3) is 2.58. The molecular weight excluding hydrogens is 118 g/mol. The van der Waals surface area contributed by atoms with Crippen molar-refractivity contribution in [3.05, 3.63) is 0 Å². The highest BCUT2D eigenvalue weighted by atomic mass is 32.2. The van der Waals surface area contributed by atoms with Crippen LogP contribution in [0.25, 0.3) is 0 Å². The Bertz CT molecular complexity index is 32.5. The van der Waals surface area contributed by atoms with Gasteiger partial charge in [0.25, 0.3) is 0 Å². The Hall–Kier alpha value is 0.310. The largest absolute Gasteiger partial charge is 0.242 e. The summed E-state index contributed by atoms with van der Waals surface area (Å²) in [6.07, 6.45) is 2.59. The van der Waals surface area contributed by atoms with Crippen molar-refractivity contribution in [2.75, 3.05) is 24.6 Å². The van der Waals surface area contributed by atoms with Crippen LogP contribution in [0.15, 0.2) is 0 Å². The average Bonchev–Trinajstić information content (AvgIpc) is 1.62. The lowest BCUT2D eigenvalue weighted by atomic mass is 10.4. The smallest absolute Gasteiger partial charge is 0.0141 e. The van der Waals surface area contributed by atoms with Crippen LogP contribution in [0.1, 0.15) is 12.8 Å². The topological polar surface area (TPSA) is 14.1 Å². The molecule has 0 amide bonds. The zero-order valence-corrected chi connectivity index (χ0v) is 5.91. The molecule has 1 aliphatic heterocycles. The molecule has 0 unspecified atom stereocenters. The molecule has 0 spiro atoms. The minimum absolute atomic E-state index is 1.10. The monoisotopic (exact) mass is 130 g/mol. The van der Waals surface area contributed by atoms with E-state index in [9.17, 15) is 0 Å². The second kappa shape index (κ2) is 4.21. The molecule has 1 fully saturated rings. The first-order valence-corrected chi connectivity index (χ1v) is 4.36. The minimum Gasteiger partial charge on any atom is -0.242 e. The number of nitrogens with zero attached hydrogens (tertiary/aromatic N) is 1. The van der Waals surface area contributed by atoms with Gasteiger partial charge in [-0.3, -0.25) is 0 Å². The number of thioether (sulfide) groups is 1. The standard InChI is InChI=1S/C6H12NS/c1-3-7-4-2-6-8-5-1/h1-6H2. The summed E-state index contributed by atoms with van der Waals surface area (Å²) in [6, 6.07) is 0. The second-order valence-electron chi connectivity index (χ2n) is 1.99. The van der Waals surface area contributed by atoms with Crippen LogP contribution in [0.4, 0.5) is 0 Å². The Kier molecular flexibility index (Phi) is 3.39. The van der Waals surface area contributed by atoms with Gasteiger partial charge < -0.3 is 0 Å². The summed E-state index contributed by atoms with van der Waals surface area (Å²) in [5, 5.41) is 4.32. The van der Waals surface area contributed by atoms with Gasteiger partial charge >= 0.3 is 0 Å². The van der Waals surface area contributed by atoms with E-state index in [2.05, 4.69) is 17.1 Å². The van der Waals surface area contributed by atoms with Crippen molar-refractivity contribution in [3.63, 3.8) is 0 Å². The van der Waals surface area contributed by atoms with Crippen LogP contribution in [-0.2, 0) is 0 Å². The van der Waals surface area contributed by atoms with Gasteiger partial charge in [-0.25, -0.2) is 5.32 Å². The fourth-order valence-electron chi connectivity index (χ4n) is 0.771. The molecule has 2 heteroatoms. The first kappa shape index (κ1) is 6.43. The van der Waals surface area contributed by atoms with E-state index in [0.29, 0.717) is 0 Å². The molecule has 0 aromatic carbocycles. The molecule has 0 aromatic heterocycles. The van der Waals surface area contributed by atoms with Crippen LogP contribution in [0, 0.1) is 0 Å². The molecule has 1 heterocycles. The van der Waals surface area contributed by atoms with E-state index in [0.717, 1.165) is 13.1 Å². The summed E-state index contributed by atoms with van der Waals surface area (Å²) < 4.78 is 0. The molecule has 0 N–H and O–H groups in total. The Morgan fingerprint density at radius 2 is 1.62 bits per heavy atom. The molecule has 47 valence electrons. The van der Waals surface area contributed by atoms with E-state index in [1.807, 2.05) is 0 Å². The Balaban J connectivity index is 2.00. The predicted octanol–water partition coefficient (Wildman–Crippen LogP) is 1.12. The quantitative estimate of drug-likeness (QED) is 0.479. The van der Waals surface area contributed by atoms with E-state index in [1.54, 1.807) is 0 Å². The van der Waals surface area contributed by atoms with Crippen LogP contribution in [0.3, 0.4) is 0 Å². The Morgan fingerprint density at radius 3 is 2.25 bits per heavy atom. The molecular formula is C6H12NS. The van der Waals surface area contributed by atoms with E-state index in [1.165, 1.54) is 24.3 Å². The van der Waals surface area contributed by atoms with Crippen LogP contribution in [-0.4, -0.2) is 24.6 Å². The lowest BCUT2D eigenvalue weighted by Gasteiger charge is -2.06. The van der Waals surface area contributed by atoms with Gasteiger partial charge in [-0.05, 0) is 24.3 Å². The zero-order chi connectivity index (χ0) is 5.66. The molecule has 0 aliphatic carbocycles. The number of hydrogen-bond acceptors (Lipinski definition) is 1. The highest BCUT2D eigenvalue weighted by molar-refractivity contribution is 7.99. The summed E-state index contributed by atoms with van der Waals surface area (Å²) in [5.74, 6) is 2.65. The van der Waals surface area contributed by atoms with Gasteiger partial charge in [0.15, 0.2) is 0 Å². The maximum absolute atomic E-state index is 4.32. The SMILES string of the molecule is C1C[N]CCCSC1. The zero-order valence-electron chi connectivity index (χ0n) is 5.10. The van der Waals surface area contributed by atoms with E-state index in [-0.39, 0.29) is 0 Å². The normalized spacial score (nSPS) is 24.0. The second-order valence-corrected chi connectivity index (χ2v) is 3.22. The minimum atomic E-state index is 1.10. The number of hydrogen-bond donors (Lipinski definition) is 0. The van der Waals surface area contributed by atoms with Crippen LogP contribution in [0.2, 0.25) is 0 Å². The molecule has 1 radical (unpaired) electrons. The summed E-state index contributed by atoms with van der Waals surface area (Å²) in [5.41, 5.74) is 0. The molecule has 1 aliphatic rings. The van der Waals surface area contributed by atoms with Crippen molar-refractivity contribution in [2.24, 2.45) is 0 Å². The maximum Gasteiger partial charge on any atom is 0.0141 e. The first-order valence-electron chi connectivity index (χ1n) is 3.21. The highest BCUT2D eigenvalue weighted by Gasteiger charge is 1.95. The third-order valence-corrected chi connectivity index (χ3v) is 2.36. The van der Waals surface area contributed by atoms with Crippen molar-refractivity contribution < 1.29 is 0 Å². The van der Waals surface area contributed by atoms with Gasteiger partial charge in [0, 0.05) is 13.1 Å². The summed E-state index contributed by atoms with van der Waals surface area (Å²) >= 11 is 2.07. The molecule has 0 saturated carbocycles. The van der Waals surface area contributed by atoms with Gasteiger partial charge in [-0.2, -0.15) is 11.8 Å². The molecule has 0 atom stereocenters. The summed E-state index contributed by atoms with van der Waals surface area (Å²) in [4.78, 5) is 0. The van der Waals surface area contributed by atoms with Crippen molar-refractivity contribution in [1.82, 2.24) is 5.32 Å². The lowest BCUT2D eigenvalue weighted by Crippen LogP contribution is -2.12. The van der Waals surface area contributed by atoms with Crippen LogP contribution >= 0.6 is 11.8 Å². The van der Waals surface area contributed by atoms with E-state index >= 15 is 0 Å². The summed E-state index contributed by atoms with van der Waals surface area (Å²) in [7, 11) is 0. The van der Waals surface area contributed by atoms with Gasteiger partial charge in [0.1, 0.15) is 0 Å². The molecule has 8 heavy (non-hydrogen) atoms. The number of rotatable bonds is 0. The van der Waals surface area contributed by atoms with Gasteiger partial charge in [-0.1, -0.05) is 0 Å². The van der Waals surface area contributed by atoms with Gasteiger partial charge in [0.05, 0.1) is 0 Å². The van der Waals surface area contributed by atoms with Crippen molar-refractivity contribution in [3.8, 4) is 0 Å².